The van der Waals surface area contributed by atoms with E-state index in [1.54, 1.807) is 36.4 Å². The Morgan fingerprint density at radius 3 is 2.71 bits per heavy atom. The molecule has 0 aliphatic carbocycles. The van der Waals surface area contributed by atoms with Crippen LogP contribution < -0.4 is 11.1 Å². The molecule has 0 unspecified atom stereocenters. The predicted molar refractivity (Wildman–Crippen MR) is 80.1 cm³/mol. The number of benzodiazepines with no additional fused rings is 1. The molecule has 0 radical (unpaired) electrons. The summed E-state index contributed by atoms with van der Waals surface area (Å²) in [6.45, 7) is 0. The van der Waals surface area contributed by atoms with Gasteiger partial charge in [0.25, 0.3) is 5.91 Å². The molecule has 1 aliphatic rings. The molecule has 4 nitrogen and oxygen atoms in total. The number of aliphatic imine (C=N–C) groups is 1. The zero-order chi connectivity index (χ0) is 15.0. The first-order chi connectivity index (χ1) is 10.1. The Bertz CT molecular complexity index is 760. The molecule has 0 fully saturated rings. The number of hydrogen-bond acceptors (Lipinski definition) is 3. The van der Waals surface area contributed by atoms with E-state index in [0.717, 1.165) is 0 Å². The van der Waals surface area contributed by atoms with Crippen LogP contribution in [-0.4, -0.2) is 17.8 Å². The molecular formula is C15H11ClFN3O. The number of benzene rings is 2. The number of amides is 1. The summed E-state index contributed by atoms with van der Waals surface area (Å²) in [7, 11) is 0. The van der Waals surface area contributed by atoms with E-state index in [0.29, 0.717) is 22.0 Å². The molecule has 2 aromatic carbocycles. The van der Waals surface area contributed by atoms with Gasteiger partial charge in [0.05, 0.1) is 11.4 Å². The average molecular weight is 304 g/mol. The molecule has 6 heteroatoms. The fraction of sp³-hybridized carbons (Fsp3) is 0.0667. The molecule has 2 aromatic rings. The Labute approximate surface area is 125 Å². The maximum absolute atomic E-state index is 14.1. The lowest BCUT2D eigenvalue weighted by molar-refractivity contribution is -0.117. The molecule has 0 aromatic heterocycles. The normalized spacial score (nSPS) is 17.6. The van der Waals surface area contributed by atoms with Gasteiger partial charge in [0.2, 0.25) is 0 Å². The highest BCUT2D eigenvalue weighted by atomic mass is 35.5. The van der Waals surface area contributed by atoms with Crippen LogP contribution >= 0.6 is 11.6 Å². The third-order valence-electron chi connectivity index (χ3n) is 3.16. The van der Waals surface area contributed by atoms with E-state index in [4.69, 9.17) is 17.3 Å². The molecule has 1 heterocycles. The Balaban J connectivity index is 2.25. The zero-order valence-corrected chi connectivity index (χ0v) is 11.6. The second-order valence-electron chi connectivity index (χ2n) is 4.58. The van der Waals surface area contributed by atoms with Gasteiger partial charge in [0.15, 0.2) is 6.17 Å². The van der Waals surface area contributed by atoms with Crippen LogP contribution in [0.25, 0.3) is 0 Å². The highest BCUT2D eigenvalue weighted by Crippen LogP contribution is 2.27. The van der Waals surface area contributed by atoms with Crippen LogP contribution in [0.15, 0.2) is 47.5 Å². The topological polar surface area (TPSA) is 67.5 Å². The van der Waals surface area contributed by atoms with Crippen LogP contribution in [0, 0.1) is 5.82 Å². The Hall–Kier alpha value is -2.24. The number of nitrogens with one attached hydrogen (secondary N) is 1. The Morgan fingerprint density at radius 2 is 1.95 bits per heavy atom. The van der Waals surface area contributed by atoms with Crippen LogP contribution in [0.3, 0.4) is 0 Å². The van der Waals surface area contributed by atoms with Gasteiger partial charge in [-0.05, 0) is 30.3 Å². The molecule has 21 heavy (non-hydrogen) atoms. The third-order valence-corrected chi connectivity index (χ3v) is 3.40. The maximum Gasteiger partial charge on any atom is 0.263 e. The van der Waals surface area contributed by atoms with E-state index in [1.165, 1.54) is 6.07 Å². The highest BCUT2D eigenvalue weighted by Gasteiger charge is 2.24. The number of nitrogens with two attached hydrogens (primary N) is 1. The molecule has 106 valence electrons. The van der Waals surface area contributed by atoms with Crippen molar-refractivity contribution in [1.29, 1.82) is 0 Å². The van der Waals surface area contributed by atoms with Gasteiger partial charge in [-0.2, -0.15) is 0 Å². The second-order valence-corrected chi connectivity index (χ2v) is 5.02. The number of carbonyl (C=O) groups is 1. The maximum atomic E-state index is 14.1. The standard InChI is InChI=1S/C15H11ClFN3O/c16-8-5-6-10-12(7-8)19-15(21)14(18)20-13(10)9-3-1-2-4-11(9)17/h1-7,14H,18H2,(H,19,21)/t14-/m1/s1. The summed E-state index contributed by atoms with van der Waals surface area (Å²) in [6.07, 6.45) is -1.11. The van der Waals surface area contributed by atoms with Crippen molar-refractivity contribution < 1.29 is 9.18 Å². The fourth-order valence-electron chi connectivity index (χ4n) is 2.17. The molecular weight excluding hydrogens is 293 g/mol. The first kappa shape index (κ1) is 13.7. The average Bonchev–Trinajstić information content (AvgIpc) is 2.57. The van der Waals surface area contributed by atoms with Gasteiger partial charge in [0.1, 0.15) is 5.82 Å². The largest absolute Gasteiger partial charge is 0.322 e. The summed E-state index contributed by atoms with van der Waals surface area (Å²) in [4.78, 5) is 16.0. The van der Waals surface area contributed by atoms with E-state index in [9.17, 15) is 9.18 Å². The second kappa shape index (κ2) is 5.27. The lowest BCUT2D eigenvalue weighted by Crippen LogP contribution is -2.33. The number of fused-ring (bicyclic) bond motifs is 1. The smallest absolute Gasteiger partial charge is 0.263 e. The van der Waals surface area contributed by atoms with Crippen LogP contribution in [0.1, 0.15) is 11.1 Å². The number of carbonyl (C=O) groups excluding carboxylic acids is 1. The molecule has 3 rings (SSSR count). The molecule has 3 N–H and O–H groups in total. The number of anilines is 1. The molecule has 0 saturated heterocycles. The molecule has 0 bridgehead atoms. The third kappa shape index (κ3) is 2.53. The molecule has 0 spiro atoms. The van der Waals surface area contributed by atoms with Crippen molar-refractivity contribution in [2.75, 3.05) is 5.32 Å². The summed E-state index contributed by atoms with van der Waals surface area (Å²) in [5.74, 6) is -0.899. The van der Waals surface area contributed by atoms with E-state index >= 15 is 0 Å². The summed E-state index contributed by atoms with van der Waals surface area (Å²) in [5.41, 5.74) is 7.36. The lowest BCUT2D eigenvalue weighted by Gasteiger charge is -2.10. The van der Waals surface area contributed by atoms with Crippen molar-refractivity contribution in [2.24, 2.45) is 10.7 Å². The van der Waals surface area contributed by atoms with Gasteiger partial charge in [-0.15, -0.1) is 0 Å². The van der Waals surface area contributed by atoms with E-state index in [1.807, 2.05) is 0 Å². The van der Waals surface area contributed by atoms with Crippen LogP contribution in [0.5, 0.6) is 0 Å². The fourth-order valence-corrected chi connectivity index (χ4v) is 2.34. The molecule has 1 aliphatic heterocycles. The first-order valence-corrected chi connectivity index (χ1v) is 6.63. The van der Waals surface area contributed by atoms with Gasteiger partial charge in [0, 0.05) is 16.1 Å². The van der Waals surface area contributed by atoms with Gasteiger partial charge in [-0.3, -0.25) is 9.79 Å². The minimum Gasteiger partial charge on any atom is -0.322 e. The Kier molecular flexibility index (Phi) is 3.45. The van der Waals surface area contributed by atoms with Gasteiger partial charge >= 0.3 is 0 Å². The van der Waals surface area contributed by atoms with E-state index in [2.05, 4.69) is 10.3 Å². The monoisotopic (exact) mass is 303 g/mol. The zero-order valence-electron chi connectivity index (χ0n) is 10.8. The van der Waals surface area contributed by atoms with Crippen molar-refractivity contribution in [3.8, 4) is 0 Å². The summed E-state index contributed by atoms with van der Waals surface area (Å²) < 4.78 is 14.1. The Morgan fingerprint density at radius 1 is 1.19 bits per heavy atom. The van der Waals surface area contributed by atoms with Crippen molar-refractivity contribution in [2.45, 2.75) is 6.17 Å². The van der Waals surface area contributed by atoms with Crippen molar-refractivity contribution in [3.63, 3.8) is 0 Å². The number of hydrogen-bond donors (Lipinski definition) is 2. The molecule has 1 amide bonds. The van der Waals surface area contributed by atoms with Crippen LogP contribution in [0.2, 0.25) is 5.02 Å². The van der Waals surface area contributed by atoms with Gasteiger partial charge < -0.3 is 11.1 Å². The summed E-state index contributed by atoms with van der Waals surface area (Å²) in [6, 6.07) is 11.1. The van der Waals surface area contributed by atoms with Gasteiger partial charge in [-0.1, -0.05) is 23.7 Å². The van der Waals surface area contributed by atoms with Gasteiger partial charge in [-0.25, -0.2) is 4.39 Å². The summed E-state index contributed by atoms with van der Waals surface area (Å²) in [5, 5.41) is 3.10. The minimum atomic E-state index is -1.11. The molecule has 1 atom stereocenters. The van der Waals surface area contributed by atoms with E-state index in [-0.39, 0.29) is 5.56 Å². The van der Waals surface area contributed by atoms with Crippen LogP contribution in [0.4, 0.5) is 10.1 Å². The summed E-state index contributed by atoms with van der Waals surface area (Å²) >= 11 is 5.94. The molecule has 0 saturated carbocycles. The highest BCUT2D eigenvalue weighted by molar-refractivity contribution is 6.31. The first-order valence-electron chi connectivity index (χ1n) is 6.25. The number of rotatable bonds is 1. The predicted octanol–water partition coefficient (Wildman–Crippen LogP) is 2.55. The van der Waals surface area contributed by atoms with Crippen molar-refractivity contribution >= 4 is 28.9 Å². The SMILES string of the molecule is N[C@@H]1N=C(c2ccccc2F)c2ccc(Cl)cc2NC1=O. The number of nitrogens with zero attached hydrogens (tertiary/aromatic N) is 1. The van der Waals surface area contributed by atoms with E-state index < -0.39 is 17.9 Å². The van der Waals surface area contributed by atoms with Crippen molar-refractivity contribution in [3.05, 3.63) is 64.4 Å². The minimum absolute atomic E-state index is 0.285. The number of halogens is 2. The van der Waals surface area contributed by atoms with Crippen molar-refractivity contribution in [1.82, 2.24) is 0 Å². The quantitative estimate of drug-likeness (QED) is 0.850. The lowest BCUT2D eigenvalue weighted by atomic mass is 10.00. The van der Waals surface area contributed by atoms with Crippen LogP contribution in [-0.2, 0) is 4.79 Å².